The van der Waals surface area contributed by atoms with Gasteiger partial charge in [-0.25, -0.2) is 0 Å². The quantitative estimate of drug-likeness (QED) is 0.846. The van der Waals surface area contributed by atoms with E-state index in [1.54, 1.807) is 18.2 Å². The lowest BCUT2D eigenvalue weighted by atomic mass is 10.2. The Hall–Kier alpha value is -1.23. The number of halogens is 3. The first-order valence-electron chi connectivity index (χ1n) is 6.05. The zero-order valence-corrected chi connectivity index (χ0v) is 9.96. The van der Waals surface area contributed by atoms with E-state index < -0.39 is 12.6 Å². The topological polar surface area (TPSA) is 21.3 Å². The summed E-state index contributed by atoms with van der Waals surface area (Å²) in [7, 11) is 0. The minimum absolute atomic E-state index is 0.330. The standard InChI is InChI=1S/C13H16F3NO/c14-13(15,16)6-7-18-12-3-1-2-10(8-12)9-17-11-4-5-11/h1-3,8,11,17H,4-7,9H2. The molecule has 0 unspecified atom stereocenters. The molecule has 18 heavy (non-hydrogen) atoms. The van der Waals surface area contributed by atoms with Crippen molar-refractivity contribution in [3.63, 3.8) is 0 Å². The average molecular weight is 259 g/mol. The van der Waals surface area contributed by atoms with Gasteiger partial charge in [-0.15, -0.1) is 0 Å². The van der Waals surface area contributed by atoms with E-state index >= 15 is 0 Å². The lowest BCUT2D eigenvalue weighted by Crippen LogP contribution is -2.15. The van der Waals surface area contributed by atoms with Crippen LogP contribution < -0.4 is 10.1 Å². The second-order valence-electron chi connectivity index (χ2n) is 4.52. The molecule has 1 aromatic rings. The predicted molar refractivity (Wildman–Crippen MR) is 62.5 cm³/mol. The number of benzene rings is 1. The van der Waals surface area contributed by atoms with Crippen LogP contribution in [0.15, 0.2) is 24.3 Å². The summed E-state index contributed by atoms with van der Waals surface area (Å²) in [6, 6.07) is 7.81. The molecule has 1 aliphatic rings. The van der Waals surface area contributed by atoms with Crippen LogP contribution in [0.4, 0.5) is 13.2 Å². The largest absolute Gasteiger partial charge is 0.493 e. The number of nitrogens with one attached hydrogen (secondary N) is 1. The molecule has 0 aromatic heterocycles. The van der Waals surface area contributed by atoms with Crippen LogP contribution >= 0.6 is 0 Å². The molecular formula is C13H16F3NO. The van der Waals surface area contributed by atoms with Crippen LogP contribution in [-0.2, 0) is 6.54 Å². The maximum atomic E-state index is 12.0. The molecule has 2 nitrogen and oxygen atoms in total. The molecule has 1 saturated carbocycles. The predicted octanol–water partition coefficient (Wildman–Crippen LogP) is 3.27. The summed E-state index contributed by atoms with van der Waals surface area (Å²) < 4.78 is 41.0. The summed E-state index contributed by atoms with van der Waals surface area (Å²) in [5.41, 5.74) is 1.03. The lowest BCUT2D eigenvalue weighted by Gasteiger charge is -2.10. The van der Waals surface area contributed by atoms with Gasteiger partial charge in [0.05, 0.1) is 13.0 Å². The van der Waals surface area contributed by atoms with Crippen molar-refractivity contribution in [1.29, 1.82) is 0 Å². The van der Waals surface area contributed by atoms with Gasteiger partial charge in [0.15, 0.2) is 0 Å². The van der Waals surface area contributed by atoms with Crippen LogP contribution in [0, 0.1) is 0 Å². The van der Waals surface area contributed by atoms with E-state index in [4.69, 9.17) is 4.74 Å². The summed E-state index contributed by atoms with van der Waals surface area (Å²) in [5.74, 6) is 0.495. The second kappa shape index (κ2) is 5.61. The van der Waals surface area contributed by atoms with E-state index in [1.807, 2.05) is 6.07 Å². The molecule has 100 valence electrons. The molecule has 5 heteroatoms. The first-order valence-corrected chi connectivity index (χ1v) is 6.05. The van der Waals surface area contributed by atoms with E-state index in [1.165, 1.54) is 12.8 Å². The zero-order chi connectivity index (χ0) is 13.0. The molecule has 0 spiro atoms. The first kappa shape index (κ1) is 13.2. The Morgan fingerprint density at radius 3 is 2.72 bits per heavy atom. The molecule has 0 saturated heterocycles. The van der Waals surface area contributed by atoms with Gasteiger partial charge in [0.1, 0.15) is 5.75 Å². The summed E-state index contributed by atoms with van der Waals surface area (Å²) in [6.45, 7) is 0.407. The maximum absolute atomic E-state index is 12.0. The summed E-state index contributed by atoms with van der Waals surface area (Å²) >= 11 is 0. The molecule has 2 rings (SSSR count). The Morgan fingerprint density at radius 2 is 2.06 bits per heavy atom. The van der Waals surface area contributed by atoms with Crippen LogP contribution in [0.3, 0.4) is 0 Å². The Labute approximate surface area is 104 Å². The third-order valence-corrected chi connectivity index (χ3v) is 2.72. The number of alkyl halides is 3. The molecule has 0 aliphatic heterocycles. The smallest absolute Gasteiger partial charge is 0.392 e. The highest BCUT2D eigenvalue weighted by Crippen LogP contribution is 2.22. The van der Waals surface area contributed by atoms with Crippen molar-refractivity contribution in [3.8, 4) is 5.75 Å². The van der Waals surface area contributed by atoms with Crippen molar-refractivity contribution in [2.75, 3.05) is 6.61 Å². The normalized spacial score (nSPS) is 15.7. The van der Waals surface area contributed by atoms with Crippen LogP contribution in [0.2, 0.25) is 0 Å². The van der Waals surface area contributed by atoms with Gasteiger partial charge in [-0.2, -0.15) is 13.2 Å². The first-order chi connectivity index (χ1) is 8.53. The Balaban J connectivity index is 1.78. The third-order valence-electron chi connectivity index (χ3n) is 2.72. The van der Waals surface area contributed by atoms with E-state index in [-0.39, 0.29) is 6.61 Å². The van der Waals surface area contributed by atoms with E-state index in [0.29, 0.717) is 11.8 Å². The Bertz CT molecular complexity index is 388. The monoisotopic (exact) mass is 259 g/mol. The highest BCUT2D eigenvalue weighted by molar-refractivity contribution is 5.28. The van der Waals surface area contributed by atoms with Gasteiger partial charge in [-0.3, -0.25) is 0 Å². The van der Waals surface area contributed by atoms with E-state index in [0.717, 1.165) is 12.1 Å². The van der Waals surface area contributed by atoms with Gasteiger partial charge in [-0.05, 0) is 30.5 Å². The molecule has 0 amide bonds. The molecule has 1 N–H and O–H groups in total. The van der Waals surface area contributed by atoms with Crippen LogP contribution in [0.25, 0.3) is 0 Å². The van der Waals surface area contributed by atoms with Crippen molar-refractivity contribution >= 4 is 0 Å². The fraction of sp³-hybridized carbons (Fsp3) is 0.538. The van der Waals surface area contributed by atoms with Gasteiger partial charge >= 0.3 is 6.18 Å². The third kappa shape index (κ3) is 4.96. The van der Waals surface area contributed by atoms with Crippen molar-refractivity contribution in [2.45, 2.75) is 38.0 Å². The minimum atomic E-state index is -4.16. The molecule has 0 heterocycles. The van der Waals surface area contributed by atoms with Crippen LogP contribution in [-0.4, -0.2) is 18.8 Å². The second-order valence-corrected chi connectivity index (χ2v) is 4.52. The SMILES string of the molecule is FC(F)(F)CCOc1cccc(CNC2CC2)c1. The van der Waals surface area contributed by atoms with Crippen molar-refractivity contribution in [3.05, 3.63) is 29.8 Å². The number of ether oxygens (including phenoxy) is 1. The molecule has 0 atom stereocenters. The van der Waals surface area contributed by atoms with Crippen LogP contribution in [0.1, 0.15) is 24.8 Å². The number of hydrogen-bond donors (Lipinski definition) is 1. The summed E-state index contributed by atoms with van der Waals surface area (Å²) in [5, 5.41) is 3.34. The highest BCUT2D eigenvalue weighted by atomic mass is 19.4. The number of hydrogen-bond acceptors (Lipinski definition) is 2. The Kier molecular flexibility index (Phi) is 4.11. The summed E-state index contributed by atoms with van der Waals surface area (Å²) in [4.78, 5) is 0. The summed E-state index contributed by atoms with van der Waals surface area (Å²) in [6.07, 6.45) is -2.66. The fourth-order valence-corrected chi connectivity index (χ4v) is 1.58. The minimum Gasteiger partial charge on any atom is -0.493 e. The molecule has 1 aromatic carbocycles. The lowest BCUT2D eigenvalue weighted by molar-refractivity contribution is -0.139. The molecule has 1 aliphatic carbocycles. The average Bonchev–Trinajstić information content (AvgIpc) is 3.09. The molecular weight excluding hydrogens is 243 g/mol. The maximum Gasteiger partial charge on any atom is 0.392 e. The van der Waals surface area contributed by atoms with Gasteiger partial charge < -0.3 is 10.1 Å². The Morgan fingerprint density at radius 1 is 1.28 bits per heavy atom. The zero-order valence-electron chi connectivity index (χ0n) is 9.96. The van der Waals surface area contributed by atoms with Crippen LogP contribution in [0.5, 0.6) is 5.75 Å². The van der Waals surface area contributed by atoms with Gasteiger partial charge in [0.25, 0.3) is 0 Å². The molecule has 0 bridgehead atoms. The number of rotatable bonds is 6. The van der Waals surface area contributed by atoms with E-state index in [9.17, 15) is 13.2 Å². The van der Waals surface area contributed by atoms with Gasteiger partial charge in [0, 0.05) is 12.6 Å². The molecule has 0 radical (unpaired) electrons. The highest BCUT2D eigenvalue weighted by Gasteiger charge is 2.26. The van der Waals surface area contributed by atoms with E-state index in [2.05, 4.69) is 5.32 Å². The molecule has 1 fully saturated rings. The van der Waals surface area contributed by atoms with Crippen molar-refractivity contribution in [1.82, 2.24) is 5.32 Å². The van der Waals surface area contributed by atoms with Gasteiger partial charge in [-0.1, -0.05) is 12.1 Å². The fourth-order valence-electron chi connectivity index (χ4n) is 1.58. The van der Waals surface area contributed by atoms with Crippen molar-refractivity contribution in [2.24, 2.45) is 0 Å². The van der Waals surface area contributed by atoms with Crippen molar-refractivity contribution < 1.29 is 17.9 Å². The van der Waals surface area contributed by atoms with Gasteiger partial charge in [0.2, 0.25) is 0 Å².